The van der Waals surface area contributed by atoms with Crippen LogP contribution < -0.4 is 4.90 Å². The van der Waals surface area contributed by atoms with E-state index in [2.05, 4.69) is 15.1 Å². The molecular formula is C18H17ClN4O3. The molecule has 0 aliphatic carbocycles. The average Bonchev–Trinajstić information content (AvgIpc) is 3.05. The third-order valence-electron chi connectivity index (χ3n) is 4.35. The number of hydrogen-bond acceptors (Lipinski definition) is 7. The van der Waals surface area contributed by atoms with E-state index >= 15 is 0 Å². The first kappa shape index (κ1) is 16.9. The molecule has 3 aromatic heterocycles. The maximum absolute atomic E-state index is 11.8. The molecule has 1 saturated heterocycles. The Kier molecular flexibility index (Phi) is 4.34. The monoisotopic (exact) mass is 372 g/mol. The molecule has 0 N–H and O–H groups in total. The molecule has 0 aromatic carbocycles. The van der Waals surface area contributed by atoms with Gasteiger partial charge in [0.15, 0.2) is 6.29 Å². The highest BCUT2D eigenvalue weighted by Crippen LogP contribution is 2.39. The van der Waals surface area contributed by atoms with Crippen LogP contribution in [0.5, 0.6) is 0 Å². The Morgan fingerprint density at radius 2 is 1.92 bits per heavy atom. The van der Waals surface area contributed by atoms with Gasteiger partial charge in [-0.05, 0) is 26.0 Å². The van der Waals surface area contributed by atoms with E-state index in [0.29, 0.717) is 40.6 Å². The maximum atomic E-state index is 11.8. The molecule has 4 rings (SSSR count). The fraction of sp³-hybridized carbons (Fsp3) is 0.333. The van der Waals surface area contributed by atoms with Crippen molar-refractivity contribution in [3.05, 3.63) is 35.2 Å². The lowest BCUT2D eigenvalue weighted by atomic mass is 10.1. The molecule has 1 aliphatic rings. The molecule has 1 fully saturated rings. The minimum absolute atomic E-state index is 0.0205. The van der Waals surface area contributed by atoms with Crippen LogP contribution in [-0.2, 0) is 4.74 Å². The topological polar surface area (TPSA) is 81.4 Å². The number of carbonyl (C=O) groups excluding carboxylic acids is 1. The summed E-state index contributed by atoms with van der Waals surface area (Å²) in [5.74, 6) is 0. The zero-order valence-corrected chi connectivity index (χ0v) is 15.1. The van der Waals surface area contributed by atoms with Crippen LogP contribution >= 0.6 is 11.6 Å². The van der Waals surface area contributed by atoms with Crippen LogP contribution in [0.15, 0.2) is 29.0 Å². The van der Waals surface area contributed by atoms with Crippen LogP contribution in [0, 0.1) is 0 Å². The Morgan fingerprint density at radius 3 is 2.58 bits per heavy atom. The highest BCUT2D eigenvalue weighted by atomic mass is 35.5. The highest BCUT2D eigenvalue weighted by Gasteiger charge is 2.29. The summed E-state index contributed by atoms with van der Waals surface area (Å²) in [6.07, 6.45) is 4.07. The maximum Gasteiger partial charge on any atom is 0.206 e. The van der Waals surface area contributed by atoms with Gasteiger partial charge in [0.05, 0.1) is 17.9 Å². The summed E-state index contributed by atoms with van der Waals surface area (Å²) in [4.78, 5) is 22.3. The van der Waals surface area contributed by atoms with Gasteiger partial charge in [-0.1, -0.05) is 16.8 Å². The second-order valence-corrected chi connectivity index (χ2v) is 6.76. The summed E-state index contributed by atoms with van der Waals surface area (Å²) >= 11 is 6.63. The number of hydrogen-bond donors (Lipinski definition) is 0. The summed E-state index contributed by atoms with van der Waals surface area (Å²) in [6, 6.07) is 3.60. The van der Waals surface area contributed by atoms with E-state index in [9.17, 15) is 4.79 Å². The molecule has 0 saturated carbocycles. The Bertz CT molecular complexity index is 950. The number of fused-ring (bicyclic) bond motifs is 1. The number of nitrogens with zero attached hydrogens (tertiary/aromatic N) is 4. The van der Waals surface area contributed by atoms with E-state index in [0.717, 1.165) is 11.8 Å². The normalized spacial score (nSPS) is 20.5. The summed E-state index contributed by atoms with van der Waals surface area (Å²) in [6.45, 7) is 5.20. The number of carbonyl (C=O) groups is 1. The van der Waals surface area contributed by atoms with Crippen molar-refractivity contribution < 1.29 is 14.1 Å². The summed E-state index contributed by atoms with van der Waals surface area (Å²) < 4.78 is 11.2. The summed E-state index contributed by atoms with van der Waals surface area (Å²) in [5, 5.41) is 4.45. The Hall–Kier alpha value is -2.51. The third-order valence-corrected chi connectivity index (χ3v) is 4.70. The van der Waals surface area contributed by atoms with Gasteiger partial charge in [0.2, 0.25) is 5.58 Å². The van der Waals surface area contributed by atoms with Gasteiger partial charge in [-0.2, -0.15) is 0 Å². The molecule has 8 heteroatoms. The van der Waals surface area contributed by atoms with Crippen molar-refractivity contribution in [2.75, 3.05) is 18.0 Å². The Morgan fingerprint density at radius 1 is 1.23 bits per heavy atom. The molecule has 26 heavy (non-hydrogen) atoms. The van der Waals surface area contributed by atoms with E-state index < -0.39 is 0 Å². The largest absolute Gasteiger partial charge is 0.372 e. The first-order chi connectivity index (χ1) is 12.6. The van der Waals surface area contributed by atoms with Crippen LogP contribution in [0.2, 0.25) is 5.02 Å². The van der Waals surface area contributed by atoms with Gasteiger partial charge < -0.3 is 14.2 Å². The van der Waals surface area contributed by atoms with Gasteiger partial charge in [-0.3, -0.25) is 9.78 Å². The van der Waals surface area contributed by atoms with Crippen molar-refractivity contribution in [3.8, 4) is 11.3 Å². The highest BCUT2D eigenvalue weighted by molar-refractivity contribution is 6.38. The summed E-state index contributed by atoms with van der Waals surface area (Å²) in [5.41, 5.74) is 2.98. The molecular weight excluding hydrogens is 356 g/mol. The lowest BCUT2D eigenvalue weighted by molar-refractivity contribution is -0.00526. The van der Waals surface area contributed by atoms with Crippen molar-refractivity contribution in [1.29, 1.82) is 0 Å². The number of aldehydes is 1. The average molecular weight is 373 g/mol. The minimum Gasteiger partial charge on any atom is -0.372 e. The molecule has 7 nitrogen and oxygen atoms in total. The zero-order valence-electron chi connectivity index (χ0n) is 14.3. The fourth-order valence-corrected chi connectivity index (χ4v) is 3.71. The molecule has 0 spiro atoms. The van der Waals surface area contributed by atoms with E-state index in [-0.39, 0.29) is 17.9 Å². The molecule has 2 atom stereocenters. The minimum atomic E-state index is 0.0205. The predicted molar refractivity (Wildman–Crippen MR) is 97.7 cm³/mol. The lowest BCUT2D eigenvalue weighted by Crippen LogP contribution is -2.46. The third kappa shape index (κ3) is 2.83. The van der Waals surface area contributed by atoms with E-state index in [1.807, 2.05) is 18.7 Å². The standard InChI is InChI=1S/C18H17ClN4O3/c1-10-7-23(8-11(2)25-10)17-13(9-24)21-16-15(12-3-5-20-6-4-12)22-26-18(16)14(17)19/h3-6,9-11H,7-8H2,1-2H3/t10-,11+. The molecule has 0 amide bonds. The molecule has 0 radical (unpaired) electrons. The molecule has 0 unspecified atom stereocenters. The van der Waals surface area contributed by atoms with Crippen molar-refractivity contribution in [1.82, 2.24) is 15.1 Å². The Balaban J connectivity index is 1.88. The Labute approximate surface area is 154 Å². The van der Waals surface area contributed by atoms with E-state index in [1.54, 1.807) is 24.5 Å². The quantitative estimate of drug-likeness (QED) is 0.652. The number of aromatic nitrogens is 3. The van der Waals surface area contributed by atoms with E-state index in [4.69, 9.17) is 20.9 Å². The summed E-state index contributed by atoms with van der Waals surface area (Å²) in [7, 11) is 0. The first-order valence-electron chi connectivity index (χ1n) is 8.33. The number of pyridine rings is 2. The predicted octanol–water partition coefficient (Wildman–Crippen LogP) is 3.36. The van der Waals surface area contributed by atoms with Crippen molar-refractivity contribution in [2.24, 2.45) is 0 Å². The number of morpholine rings is 1. The van der Waals surface area contributed by atoms with Crippen LogP contribution in [-0.4, -0.2) is 46.7 Å². The van der Waals surface area contributed by atoms with E-state index in [1.165, 1.54) is 0 Å². The van der Waals surface area contributed by atoms with Crippen LogP contribution in [0.3, 0.4) is 0 Å². The van der Waals surface area contributed by atoms with Gasteiger partial charge in [0, 0.05) is 31.0 Å². The SMILES string of the molecule is C[C@@H]1CN(c2c(C=O)nc3c(-c4ccncc4)noc3c2Cl)C[C@H](C)O1. The molecule has 134 valence electrons. The van der Waals surface area contributed by atoms with Gasteiger partial charge in [-0.15, -0.1) is 0 Å². The first-order valence-corrected chi connectivity index (χ1v) is 8.71. The zero-order chi connectivity index (χ0) is 18.3. The molecule has 1 aliphatic heterocycles. The second-order valence-electron chi connectivity index (χ2n) is 6.38. The number of halogens is 1. The van der Waals surface area contributed by atoms with Gasteiger partial charge >= 0.3 is 0 Å². The second kappa shape index (κ2) is 6.66. The van der Waals surface area contributed by atoms with Crippen molar-refractivity contribution in [3.63, 3.8) is 0 Å². The number of rotatable bonds is 3. The number of ether oxygens (including phenoxy) is 1. The fourth-order valence-electron chi connectivity index (χ4n) is 3.37. The van der Waals surface area contributed by atoms with Gasteiger partial charge in [0.1, 0.15) is 21.9 Å². The van der Waals surface area contributed by atoms with Crippen LogP contribution in [0.4, 0.5) is 5.69 Å². The van der Waals surface area contributed by atoms with Gasteiger partial charge in [0.25, 0.3) is 0 Å². The van der Waals surface area contributed by atoms with Gasteiger partial charge in [-0.25, -0.2) is 4.98 Å². The molecule has 0 bridgehead atoms. The smallest absolute Gasteiger partial charge is 0.206 e. The van der Waals surface area contributed by atoms with Crippen LogP contribution in [0.25, 0.3) is 22.4 Å². The number of anilines is 1. The van der Waals surface area contributed by atoms with Crippen LogP contribution in [0.1, 0.15) is 24.3 Å². The molecule has 3 aromatic rings. The molecule has 4 heterocycles. The lowest BCUT2D eigenvalue weighted by Gasteiger charge is -2.37. The van der Waals surface area contributed by atoms with Crippen molar-refractivity contribution >= 4 is 34.7 Å². The van der Waals surface area contributed by atoms with Crippen molar-refractivity contribution in [2.45, 2.75) is 26.1 Å².